The number of nitrogens with zero attached hydrogens (tertiary/aromatic N) is 2. The molecular formula is C14H19N3O2. The lowest BCUT2D eigenvalue weighted by Gasteiger charge is -2.24. The molecule has 1 atom stereocenters. The number of aryl methyl sites for hydroxylation is 2. The fraction of sp³-hybridized carbons (Fsp3) is 0.429. The molecule has 2 aromatic rings. The van der Waals surface area contributed by atoms with Crippen LogP contribution in [0.25, 0.3) is 11.0 Å². The molecule has 1 unspecified atom stereocenters. The monoisotopic (exact) mass is 261 g/mol. The van der Waals surface area contributed by atoms with Crippen molar-refractivity contribution in [3.63, 3.8) is 0 Å². The van der Waals surface area contributed by atoms with Gasteiger partial charge in [0.1, 0.15) is 5.82 Å². The van der Waals surface area contributed by atoms with Crippen LogP contribution in [-0.2, 0) is 17.3 Å². The highest BCUT2D eigenvalue weighted by atomic mass is 16.4. The first-order chi connectivity index (χ1) is 8.90. The number of carbonyl (C=O) groups is 1. The average Bonchev–Trinajstić information content (AvgIpc) is 2.64. The minimum absolute atomic E-state index is 0.335. The summed E-state index contributed by atoms with van der Waals surface area (Å²) in [5.74, 6) is 0.0490. The number of benzene rings is 1. The van der Waals surface area contributed by atoms with E-state index >= 15 is 0 Å². The molecule has 0 aliphatic carbocycles. The van der Waals surface area contributed by atoms with Gasteiger partial charge in [-0.25, -0.2) is 4.98 Å². The van der Waals surface area contributed by atoms with Crippen molar-refractivity contribution in [2.24, 2.45) is 12.8 Å². The quantitative estimate of drug-likeness (QED) is 0.875. The first kappa shape index (κ1) is 13.5. The van der Waals surface area contributed by atoms with Crippen LogP contribution in [0.4, 0.5) is 0 Å². The zero-order chi connectivity index (χ0) is 14.2. The maximum atomic E-state index is 11.5. The van der Waals surface area contributed by atoms with Gasteiger partial charge in [-0.15, -0.1) is 0 Å². The van der Waals surface area contributed by atoms with Gasteiger partial charge < -0.3 is 15.4 Å². The van der Waals surface area contributed by atoms with Crippen molar-refractivity contribution >= 4 is 17.0 Å². The number of nitrogens with two attached hydrogens (primary N) is 1. The van der Waals surface area contributed by atoms with Gasteiger partial charge in [-0.05, 0) is 44.5 Å². The minimum atomic E-state index is -0.964. The largest absolute Gasteiger partial charge is 0.481 e. The second-order valence-corrected chi connectivity index (χ2v) is 5.10. The fourth-order valence-corrected chi connectivity index (χ4v) is 2.33. The third-order valence-electron chi connectivity index (χ3n) is 3.86. The number of rotatable bonds is 4. The van der Waals surface area contributed by atoms with Gasteiger partial charge in [0.25, 0.3) is 0 Å². The Balaban J connectivity index is 2.59. The Morgan fingerprint density at radius 3 is 2.79 bits per heavy atom. The number of carboxylic acids is 1. The number of hydrogen-bond acceptors (Lipinski definition) is 3. The second-order valence-electron chi connectivity index (χ2n) is 5.10. The molecule has 3 N–H and O–H groups in total. The van der Waals surface area contributed by atoms with Crippen molar-refractivity contribution in [1.29, 1.82) is 0 Å². The smallest absolute Gasteiger partial charge is 0.313 e. The Morgan fingerprint density at radius 1 is 1.53 bits per heavy atom. The summed E-state index contributed by atoms with van der Waals surface area (Å²) < 4.78 is 1.99. The third-order valence-corrected chi connectivity index (χ3v) is 3.86. The van der Waals surface area contributed by atoms with Gasteiger partial charge in [-0.1, -0.05) is 6.07 Å². The number of carboxylic acid groups (broad SMARTS) is 1. The number of aliphatic carboxylic acids is 1. The van der Waals surface area contributed by atoms with Crippen LogP contribution in [0.15, 0.2) is 18.2 Å². The predicted octanol–water partition coefficient (Wildman–Crippen LogP) is 1.57. The van der Waals surface area contributed by atoms with E-state index in [9.17, 15) is 9.90 Å². The molecule has 2 rings (SSSR count). The van der Waals surface area contributed by atoms with E-state index in [1.54, 1.807) is 6.92 Å². The molecule has 102 valence electrons. The summed E-state index contributed by atoms with van der Waals surface area (Å²) >= 11 is 0. The SMILES string of the molecule is Cc1nc2cc(C(C)(CCN)C(=O)O)ccc2n1C. The van der Waals surface area contributed by atoms with Gasteiger partial charge in [0.2, 0.25) is 0 Å². The van der Waals surface area contributed by atoms with Crippen LogP contribution in [0.3, 0.4) is 0 Å². The number of hydrogen-bond donors (Lipinski definition) is 2. The predicted molar refractivity (Wildman–Crippen MR) is 74.1 cm³/mol. The second kappa shape index (κ2) is 4.66. The van der Waals surface area contributed by atoms with Crippen LogP contribution in [0.5, 0.6) is 0 Å². The highest BCUT2D eigenvalue weighted by Gasteiger charge is 2.34. The molecule has 0 amide bonds. The van der Waals surface area contributed by atoms with E-state index in [0.717, 1.165) is 22.4 Å². The van der Waals surface area contributed by atoms with Gasteiger partial charge in [0.15, 0.2) is 0 Å². The van der Waals surface area contributed by atoms with Crippen molar-refractivity contribution in [1.82, 2.24) is 9.55 Å². The van der Waals surface area contributed by atoms with Crippen molar-refractivity contribution in [2.45, 2.75) is 25.7 Å². The molecule has 1 aromatic heterocycles. The highest BCUT2D eigenvalue weighted by molar-refractivity contribution is 5.84. The molecule has 0 aliphatic heterocycles. The van der Waals surface area contributed by atoms with Crippen molar-refractivity contribution < 1.29 is 9.90 Å². The Morgan fingerprint density at radius 2 is 2.21 bits per heavy atom. The molecule has 0 bridgehead atoms. The Hall–Kier alpha value is -1.88. The van der Waals surface area contributed by atoms with Crippen LogP contribution >= 0.6 is 0 Å². The fourth-order valence-electron chi connectivity index (χ4n) is 2.33. The van der Waals surface area contributed by atoms with Crippen LogP contribution in [-0.4, -0.2) is 27.2 Å². The van der Waals surface area contributed by atoms with Gasteiger partial charge in [0, 0.05) is 7.05 Å². The van der Waals surface area contributed by atoms with E-state index < -0.39 is 11.4 Å². The molecule has 1 aromatic carbocycles. The van der Waals surface area contributed by atoms with E-state index in [0.29, 0.717) is 13.0 Å². The van der Waals surface area contributed by atoms with E-state index in [2.05, 4.69) is 4.98 Å². The molecular weight excluding hydrogens is 242 g/mol. The lowest BCUT2D eigenvalue weighted by Crippen LogP contribution is -2.34. The summed E-state index contributed by atoms with van der Waals surface area (Å²) in [5.41, 5.74) is 7.15. The summed E-state index contributed by atoms with van der Waals surface area (Å²) in [4.78, 5) is 16.0. The van der Waals surface area contributed by atoms with Gasteiger partial charge in [-0.3, -0.25) is 4.79 Å². The molecule has 5 nitrogen and oxygen atoms in total. The first-order valence-electron chi connectivity index (χ1n) is 6.27. The zero-order valence-electron chi connectivity index (χ0n) is 11.5. The van der Waals surface area contributed by atoms with Crippen molar-refractivity contribution in [3.05, 3.63) is 29.6 Å². The number of imidazole rings is 1. The third kappa shape index (κ3) is 2.10. The van der Waals surface area contributed by atoms with Crippen LogP contribution in [0.2, 0.25) is 0 Å². The molecule has 0 spiro atoms. The molecule has 0 saturated heterocycles. The zero-order valence-corrected chi connectivity index (χ0v) is 11.5. The standard InChI is InChI=1S/C14H19N3O2/c1-9-16-11-8-10(4-5-12(11)17(9)3)14(2,6-7-15)13(18)19/h4-5,8H,6-7,15H2,1-3H3,(H,18,19). The van der Waals surface area contributed by atoms with E-state index in [-0.39, 0.29) is 0 Å². The molecule has 5 heteroatoms. The molecule has 0 aliphatic rings. The normalized spacial score (nSPS) is 14.5. The van der Waals surface area contributed by atoms with E-state index in [1.165, 1.54) is 0 Å². The summed E-state index contributed by atoms with van der Waals surface area (Å²) in [5, 5.41) is 9.47. The molecule has 0 saturated carbocycles. The van der Waals surface area contributed by atoms with E-state index in [4.69, 9.17) is 5.73 Å². The maximum absolute atomic E-state index is 11.5. The summed E-state index contributed by atoms with van der Waals surface area (Å²) in [6, 6.07) is 5.63. The number of fused-ring (bicyclic) bond motifs is 1. The molecule has 19 heavy (non-hydrogen) atoms. The Kier molecular flexibility index (Phi) is 3.32. The average molecular weight is 261 g/mol. The topological polar surface area (TPSA) is 81.1 Å². The Labute approximate surface area is 112 Å². The summed E-state index contributed by atoms with van der Waals surface area (Å²) in [6.07, 6.45) is 0.402. The van der Waals surface area contributed by atoms with Crippen LogP contribution in [0, 0.1) is 6.92 Å². The van der Waals surface area contributed by atoms with Gasteiger partial charge >= 0.3 is 5.97 Å². The first-order valence-corrected chi connectivity index (χ1v) is 6.27. The van der Waals surface area contributed by atoms with Crippen molar-refractivity contribution in [2.75, 3.05) is 6.54 Å². The minimum Gasteiger partial charge on any atom is -0.481 e. The molecule has 0 radical (unpaired) electrons. The molecule has 0 fully saturated rings. The summed E-state index contributed by atoms with van der Waals surface area (Å²) in [6.45, 7) is 3.97. The number of aromatic nitrogens is 2. The van der Waals surface area contributed by atoms with Crippen LogP contribution in [0.1, 0.15) is 24.7 Å². The van der Waals surface area contributed by atoms with Gasteiger partial charge in [0.05, 0.1) is 16.4 Å². The summed E-state index contributed by atoms with van der Waals surface area (Å²) in [7, 11) is 1.95. The molecule has 1 heterocycles. The maximum Gasteiger partial charge on any atom is 0.313 e. The van der Waals surface area contributed by atoms with E-state index in [1.807, 2.05) is 36.7 Å². The highest BCUT2D eigenvalue weighted by Crippen LogP contribution is 2.30. The van der Waals surface area contributed by atoms with Crippen LogP contribution < -0.4 is 5.73 Å². The Bertz CT molecular complexity index is 633. The lowest BCUT2D eigenvalue weighted by atomic mass is 9.79. The van der Waals surface area contributed by atoms with Crippen molar-refractivity contribution in [3.8, 4) is 0 Å². The van der Waals surface area contributed by atoms with Gasteiger partial charge in [-0.2, -0.15) is 0 Å². The lowest BCUT2D eigenvalue weighted by molar-refractivity contribution is -0.143.